The number of benzene rings is 1. The number of carbonyl (C=O) groups excluding carboxylic acids is 1. The summed E-state index contributed by atoms with van der Waals surface area (Å²) < 4.78 is 13.1. The van der Waals surface area contributed by atoms with Gasteiger partial charge in [0, 0.05) is 13.5 Å². The van der Waals surface area contributed by atoms with Crippen LogP contribution in [0.25, 0.3) is 0 Å². The molecule has 0 radical (unpaired) electrons. The molecular formula is C12H12FNO3. The standard InChI is InChI=1S/C12H12FNO3/c1-14-10(15)6-9(12(16)17)11(14)7-3-2-4-8(13)5-7/h2-5,9,11H,6H2,1H3,(H,16,17)/t9-,11-/m0/s1. The zero-order valence-corrected chi connectivity index (χ0v) is 9.26. The van der Waals surface area contributed by atoms with E-state index in [9.17, 15) is 14.0 Å². The lowest BCUT2D eigenvalue weighted by Gasteiger charge is -2.23. The maximum absolute atomic E-state index is 13.1. The summed E-state index contributed by atoms with van der Waals surface area (Å²) >= 11 is 0. The number of carboxylic acids is 1. The first-order valence-corrected chi connectivity index (χ1v) is 5.24. The summed E-state index contributed by atoms with van der Waals surface area (Å²) in [6.45, 7) is 0. The van der Waals surface area contributed by atoms with Crippen LogP contribution in [0.3, 0.4) is 0 Å². The minimum atomic E-state index is -1.03. The van der Waals surface area contributed by atoms with Crippen molar-refractivity contribution in [2.45, 2.75) is 12.5 Å². The number of aliphatic carboxylic acids is 1. The monoisotopic (exact) mass is 237 g/mol. The molecule has 1 aromatic carbocycles. The van der Waals surface area contributed by atoms with Gasteiger partial charge in [0.15, 0.2) is 0 Å². The van der Waals surface area contributed by atoms with E-state index in [4.69, 9.17) is 5.11 Å². The van der Waals surface area contributed by atoms with E-state index in [1.165, 1.54) is 23.1 Å². The molecule has 0 unspecified atom stereocenters. The predicted molar refractivity (Wildman–Crippen MR) is 57.7 cm³/mol. The van der Waals surface area contributed by atoms with E-state index in [1.807, 2.05) is 0 Å². The Hall–Kier alpha value is -1.91. The fourth-order valence-corrected chi connectivity index (χ4v) is 2.24. The molecule has 2 rings (SSSR count). The van der Waals surface area contributed by atoms with Crippen LogP contribution in [0.2, 0.25) is 0 Å². The summed E-state index contributed by atoms with van der Waals surface area (Å²) in [6.07, 6.45) is -0.0347. The van der Waals surface area contributed by atoms with E-state index in [0.717, 1.165) is 0 Å². The van der Waals surface area contributed by atoms with Gasteiger partial charge in [0.25, 0.3) is 0 Å². The van der Waals surface area contributed by atoms with Crippen molar-refractivity contribution in [2.75, 3.05) is 7.05 Å². The van der Waals surface area contributed by atoms with Gasteiger partial charge < -0.3 is 10.0 Å². The van der Waals surface area contributed by atoms with Crippen LogP contribution in [0.5, 0.6) is 0 Å². The van der Waals surface area contributed by atoms with Gasteiger partial charge in [0.1, 0.15) is 5.82 Å². The molecule has 2 atom stereocenters. The molecule has 1 fully saturated rings. The highest BCUT2D eigenvalue weighted by Gasteiger charge is 2.42. The lowest BCUT2D eigenvalue weighted by atomic mass is 9.94. The molecule has 17 heavy (non-hydrogen) atoms. The summed E-state index contributed by atoms with van der Waals surface area (Å²) in [4.78, 5) is 24.0. The maximum Gasteiger partial charge on any atom is 0.309 e. The third-order valence-corrected chi connectivity index (χ3v) is 3.09. The van der Waals surface area contributed by atoms with Gasteiger partial charge in [0.2, 0.25) is 5.91 Å². The first-order chi connectivity index (χ1) is 8.00. The summed E-state index contributed by atoms with van der Waals surface area (Å²) in [6, 6.07) is 5.13. The van der Waals surface area contributed by atoms with Gasteiger partial charge in [-0.15, -0.1) is 0 Å². The van der Waals surface area contributed by atoms with Gasteiger partial charge >= 0.3 is 5.97 Å². The van der Waals surface area contributed by atoms with Crippen LogP contribution in [-0.4, -0.2) is 28.9 Å². The van der Waals surface area contributed by atoms with Crippen LogP contribution < -0.4 is 0 Å². The van der Waals surface area contributed by atoms with E-state index in [1.54, 1.807) is 13.1 Å². The van der Waals surface area contributed by atoms with Crippen molar-refractivity contribution in [1.82, 2.24) is 4.90 Å². The molecule has 1 saturated heterocycles. The molecule has 1 aromatic rings. The number of likely N-dealkylation sites (tertiary alicyclic amines) is 1. The Bertz CT molecular complexity index is 475. The number of rotatable bonds is 2. The van der Waals surface area contributed by atoms with Crippen LogP contribution in [0.1, 0.15) is 18.0 Å². The molecule has 1 heterocycles. The van der Waals surface area contributed by atoms with Crippen LogP contribution in [0.15, 0.2) is 24.3 Å². The number of carboxylic acid groups (broad SMARTS) is 1. The Labute approximate surface area is 97.7 Å². The van der Waals surface area contributed by atoms with Crippen molar-refractivity contribution >= 4 is 11.9 Å². The molecule has 90 valence electrons. The highest BCUT2D eigenvalue weighted by molar-refractivity contribution is 5.87. The van der Waals surface area contributed by atoms with Crippen molar-refractivity contribution in [1.29, 1.82) is 0 Å². The molecule has 1 aliphatic rings. The molecular weight excluding hydrogens is 225 g/mol. The molecule has 0 saturated carbocycles. The lowest BCUT2D eigenvalue weighted by molar-refractivity contribution is -0.142. The number of carbonyl (C=O) groups is 2. The van der Waals surface area contributed by atoms with Crippen molar-refractivity contribution in [2.24, 2.45) is 5.92 Å². The largest absolute Gasteiger partial charge is 0.481 e. The molecule has 1 aliphatic heterocycles. The van der Waals surface area contributed by atoms with E-state index in [-0.39, 0.29) is 12.3 Å². The zero-order valence-electron chi connectivity index (χ0n) is 9.26. The predicted octanol–water partition coefficient (Wildman–Crippen LogP) is 1.43. The van der Waals surface area contributed by atoms with Crippen LogP contribution in [0, 0.1) is 11.7 Å². The highest BCUT2D eigenvalue weighted by atomic mass is 19.1. The SMILES string of the molecule is CN1C(=O)C[C@H](C(=O)O)[C@@H]1c1cccc(F)c1. The van der Waals surface area contributed by atoms with Crippen molar-refractivity contribution in [3.05, 3.63) is 35.6 Å². The molecule has 0 bridgehead atoms. The Balaban J connectivity index is 2.40. The van der Waals surface area contributed by atoms with Crippen molar-refractivity contribution in [3.8, 4) is 0 Å². The normalized spacial score (nSPS) is 24.1. The highest BCUT2D eigenvalue weighted by Crippen LogP contribution is 2.37. The third kappa shape index (κ3) is 2.00. The average Bonchev–Trinajstić information content (AvgIpc) is 2.56. The van der Waals surface area contributed by atoms with Crippen LogP contribution in [0.4, 0.5) is 4.39 Å². The van der Waals surface area contributed by atoms with Gasteiger partial charge in [0.05, 0.1) is 12.0 Å². The molecule has 1 N–H and O–H groups in total. The summed E-state index contributed by atoms with van der Waals surface area (Å²) in [5, 5.41) is 9.08. The Morgan fingerprint density at radius 2 is 2.24 bits per heavy atom. The van der Waals surface area contributed by atoms with Crippen LogP contribution in [-0.2, 0) is 9.59 Å². The Morgan fingerprint density at radius 1 is 1.53 bits per heavy atom. The van der Waals surface area contributed by atoms with E-state index in [0.29, 0.717) is 5.56 Å². The van der Waals surface area contributed by atoms with Crippen LogP contribution >= 0.6 is 0 Å². The molecule has 5 heteroatoms. The summed E-state index contributed by atoms with van der Waals surface area (Å²) in [5.74, 6) is -2.50. The number of halogens is 1. The van der Waals surface area contributed by atoms with Crippen molar-refractivity contribution in [3.63, 3.8) is 0 Å². The molecule has 4 nitrogen and oxygen atoms in total. The lowest BCUT2D eigenvalue weighted by Crippen LogP contribution is -2.26. The van der Waals surface area contributed by atoms with E-state index in [2.05, 4.69) is 0 Å². The topological polar surface area (TPSA) is 57.6 Å². The molecule has 0 aliphatic carbocycles. The summed E-state index contributed by atoms with van der Waals surface area (Å²) in [7, 11) is 1.54. The minimum absolute atomic E-state index is 0.0347. The first kappa shape index (κ1) is 11.6. The van der Waals surface area contributed by atoms with E-state index >= 15 is 0 Å². The van der Waals surface area contributed by atoms with Gasteiger partial charge in [-0.1, -0.05) is 12.1 Å². The maximum atomic E-state index is 13.1. The quantitative estimate of drug-likeness (QED) is 0.846. The third-order valence-electron chi connectivity index (χ3n) is 3.09. The fourth-order valence-electron chi connectivity index (χ4n) is 2.24. The average molecular weight is 237 g/mol. The second-order valence-corrected chi connectivity index (χ2v) is 4.15. The van der Waals surface area contributed by atoms with Crippen molar-refractivity contribution < 1.29 is 19.1 Å². The summed E-state index contributed by atoms with van der Waals surface area (Å²) in [5.41, 5.74) is 0.519. The number of hydrogen-bond donors (Lipinski definition) is 1. The van der Waals surface area contributed by atoms with Gasteiger partial charge in [-0.05, 0) is 17.7 Å². The Kier molecular flexibility index (Phi) is 2.83. The van der Waals surface area contributed by atoms with Gasteiger partial charge in [-0.2, -0.15) is 0 Å². The number of hydrogen-bond acceptors (Lipinski definition) is 2. The first-order valence-electron chi connectivity index (χ1n) is 5.24. The minimum Gasteiger partial charge on any atom is -0.481 e. The fraction of sp³-hybridized carbons (Fsp3) is 0.333. The molecule has 1 amide bonds. The number of amides is 1. The molecule has 0 spiro atoms. The number of nitrogens with zero attached hydrogens (tertiary/aromatic N) is 1. The Morgan fingerprint density at radius 3 is 2.82 bits per heavy atom. The van der Waals surface area contributed by atoms with Gasteiger partial charge in [-0.25, -0.2) is 4.39 Å². The second-order valence-electron chi connectivity index (χ2n) is 4.15. The molecule has 0 aromatic heterocycles. The van der Waals surface area contributed by atoms with Gasteiger partial charge in [-0.3, -0.25) is 9.59 Å². The zero-order chi connectivity index (χ0) is 12.6. The van der Waals surface area contributed by atoms with E-state index < -0.39 is 23.7 Å². The second kappa shape index (κ2) is 4.16. The smallest absolute Gasteiger partial charge is 0.309 e.